The van der Waals surface area contributed by atoms with Crippen LogP contribution in [-0.2, 0) is 11.2 Å². The zero-order valence-electron chi connectivity index (χ0n) is 16.4. The zero-order chi connectivity index (χ0) is 19.2. The first kappa shape index (κ1) is 21.1. The van der Waals surface area contributed by atoms with Gasteiger partial charge in [-0.2, -0.15) is 0 Å². The predicted molar refractivity (Wildman–Crippen MR) is 110 cm³/mol. The molecule has 0 saturated carbocycles. The fourth-order valence-electron chi connectivity index (χ4n) is 2.85. The molecule has 1 aliphatic rings. The molecule has 1 fully saturated rings. The van der Waals surface area contributed by atoms with Crippen LogP contribution < -0.4 is 15.4 Å². The third-order valence-electron chi connectivity index (χ3n) is 4.30. The molecule has 0 unspecified atom stereocenters. The quantitative estimate of drug-likeness (QED) is 0.282. The average molecular weight is 373 g/mol. The van der Waals surface area contributed by atoms with E-state index in [-0.39, 0.29) is 0 Å². The Labute approximate surface area is 163 Å². The highest BCUT2D eigenvalue weighted by atomic mass is 16.5. The van der Waals surface area contributed by atoms with Gasteiger partial charge in [-0.3, -0.25) is 9.89 Å². The number of guanidine groups is 1. The Balaban J connectivity index is 1.67. The topological polar surface area (TPSA) is 58.1 Å². The molecule has 1 aromatic carbocycles. The van der Waals surface area contributed by atoms with Gasteiger partial charge in [-0.05, 0) is 37.5 Å². The van der Waals surface area contributed by atoms with E-state index in [1.165, 1.54) is 5.56 Å². The summed E-state index contributed by atoms with van der Waals surface area (Å²) in [6, 6.07) is 8.05. The van der Waals surface area contributed by atoms with Crippen LogP contribution in [-0.4, -0.2) is 69.9 Å². The molecule has 0 radical (unpaired) electrons. The van der Waals surface area contributed by atoms with Crippen LogP contribution in [0.15, 0.2) is 29.3 Å². The maximum absolute atomic E-state index is 5.39. The van der Waals surface area contributed by atoms with E-state index in [9.17, 15) is 0 Å². The van der Waals surface area contributed by atoms with Gasteiger partial charge in [0, 0.05) is 39.3 Å². The van der Waals surface area contributed by atoms with E-state index in [0.29, 0.717) is 6.61 Å². The van der Waals surface area contributed by atoms with Crippen LogP contribution in [0.3, 0.4) is 0 Å². The molecule has 1 heterocycles. The molecule has 0 spiro atoms. The first-order valence-corrected chi connectivity index (χ1v) is 9.79. The minimum atomic E-state index is 0.301. The highest BCUT2D eigenvalue weighted by Crippen LogP contribution is 2.12. The number of aliphatic imine (C=N–C) groups is 1. The first-order chi connectivity index (χ1) is 13.3. The lowest BCUT2D eigenvalue weighted by Crippen LogP contribution is -2.39. The molecule has 1 aliphatic heterocycles. The first-order valence-electron chi connectivity index (χ1n) is 9.79. The number of nitrogens with one attached hydrogen (secondary N) is 2. The largest absolute Gasteiger partial charge is 0.481 e. The lowest BCUT2D eigenvalue weighted by atomic mass is 10.1. The van der Waals surface area contributed by atoms with E-state index >= 15 is 0 Å². The van der Waals surface area contributed by atoms with Crippen molar-refractivity contribution < 1.29 is 9.47 Å². The van der Waals surface area contributed by atoms with E-state index in [1.807, 2.05) is 12.1 Å². The molecule has 2 rings (SSSR count). The second-order valence-electron chi connectivity index (χ2n) is 6.38. The fraction of sp³-hybridized carbons (Fsp3) is 0.571. The van der Waals surface area contributed by atoms with Crippen LogP contribution in [0.1, 0.15) is 18.9 Å². The summed E-state index contributed by atoms with van der Waals surface area (Å²) < 4.78 is 10.8. The summed E-state index contributed by atoms with van der Waals surface area (Å²) in [5.41, 5.74) is 1.25. The molecule has 6 nitrogen and oxygen atoms in total. The second-order valence-corrected chi connectivity index (χ2v) is 6.38. The molecule has 148 valence electrons. The number of morpholine rings is 1. The average Bonchev–Trinajstić information content (AvgIpc) is 2.71. The van der Waals surface area contributed by atoms with Gasteiger partial charge in [0.05, 0.1) is 13.2 Å². The van der Waals surface area contributed by atoms with Crippen molar-refractivity contribution in [3.8, 4) is 18.1 Å². The van der Waals surface area contributed by atoms with E-state index in [2.05, 4.69) is 45.5 Å². The molecule has 1 saturated heterocycles. The minimum absolute atomic E-state index is 0.301. The Kier molecular flexibility index (Phi) is 10.2. The van der Waals surface area contributed by atoms with Gasteiger partial charge in [-0.25, -0.2) is 0 Å². The van der Waals surface area contributed by atoms with Crippen molar-refractivity contribution in [2.75, 3.05) is 59.1 Å². The maximum Gasteiger partial charge on any atom is 0.191 e. The van der Waals surface area contributed by atoms with Crippen molar-refractivity contribution in [1.82, 2.24) is 15.5 Å². The van der Waals surface area contributed by atoms with Crippen LogP contribution in [0.2, 0.25) is 0 Å². The summed E-state index contributed by atoms with van der Waals surface area (Å²) in [5, 5.41) is 6.71. The number of hydrogen-bond acceptors (Lipinski definition) is 4. The van der Waals surface area contributed by atoms with Gasteiger partial charge >= 0.3 is 0 Å². The molecule has 27 heavy (non-hydrogen) atoms. The Morgan fingerprint density at radius 3 is 2.74 bits per heavy atom. The summed E-state index contributed by atoms with van der Waals surface area (Å²) in [5.74, 6) is 4.16. The summed E-state index contributed by atoms with van der Waals surface area (Å²) in [7, 11) is 0. The molecular formula is C21H32N4O2. The SMILES string of the molecule is C#CCOc1ccc(CCNC(=NCCCN2CCOCC2)NCC)cc1. The highest BCUT2D eigenvalue weighted by molar-refractivity contribution is 5.79. The molecular weight excluding hydrogens is 340 g/mol. The Bertz CT molecular complexity index is 589. The third-order valence-corrected chi connectivity index (χ3v) is 4.30. The smallest absolute Gasteiger partial charge is 0.191 e. The van der Waals surface area contributed by atoms with Crippen molar-refractivity contribution in [2.24, 2.45) is 4.99 Å². The Morgan fingerprint density at radius 2 is 2.04 bits per heavy atom. The van der Waals surface area contributed by atoms with Gasteiger partial charge in [-0.1, -0.05) is 18.1 Å². The van der Waals surface area contributed by atoms with E-state index in [1.54, 1.807) is 0 Å². The summed E-state index contributed by atoms with van der Waals surface area (Å²) in [6.45, 7) is 9.76. The van der Waals surface area contributed by atoms with Crippen LogP contribution in [0.25, 0.3) is 0 Å². The number of benzene rings is 1. The lowest BCUT2D eigenvalue weighted by Gasteiger charge is -2.26. The van der Waals surface area contributed by atoms with E-state index in [0.717, 1.165) is 77.0 Å². The number of nitrogens with zero attached hydrogens (tertiary/aromatic N) is 2. The fourth-order valence-corrected chi connectivity index (χ4v) is 2.85. The minimum Gasteiger partial charge on any atom is -0.481 e. The molecule has 6 heteroatoms. The molecule has 1 aromatic rings. The molecule has 2 N–H and O–H groups in total. The van der Waals surface area contributed by atoms with Gasteiger partial charge in [0.2, 0.25) is 0 Å². The van der Waals surface area contributed by atoms with Crippen LogP contribution >= 0.6 is 0 Å². The zero-order valence-corrected chi connectivity index (χ0v) is 16.4. The van der Waals surface area contributed by atoms with E-state index in [4.69, 9.17) is 15.9 Å². The summed E-state index contributed by atoms with van der Waals surface area (Å²) >= 11 is 0. The summed E-state index contributed by atoms with van der Waals surface area (Å²) in [6.07, 6.45) is 7.19. The number of ether oxygens (including phenoxy) is 2. The molecule has 0 atom stereocenters. The predicted octanol–water partition coefficient (Wildman–Crippen LogP) is 1.52. The lowest BCUT2D eigenvalue weighted by molar-refractivity contribution is 0.0377. The standard InChI is InChI=1S/C21H32N4O2/c1-3-16-27-20-8-6-19(7-9-20)10-12-24-21(22-4-2)23-11-5-13-25-14-17-26-18-15-25/h1,6-9H,4-5,10-18H2,2H3,(H2,22,23,24). The number of terminal acetylenes is 1. The van der Waals surface area contributed by atoms with Crippen LogP contribution in [0, 0.1) is 12.3 Å². The monoisotopic (exact) mass is 372 g/mol. The maximum atomic E-state index is 5.39. The third kappa shape index (κ3) is 8.80. The van der Waals surface area contributed by atoms with Gasteiger partial charge in [0.1, 0.15) is 12.4 Å². The van der Waals surface area contributed by atoms with Crippen molar-refractivity contribution in [1.29, 1.82) is 0 Å². The normalized spacial score (nSPS) is 15.2. The Morgan fingerprint density at radius 1 is 1.26 bits per heavy atom. The van der Waals surface area contributed by atoms with Gasteiger partial charge in [0.25, 0.3) is 0 Å². The van der Waals surface area contributed by atoms with E-state index < -0.39 is 0 Å². The van der Waals surface area contributed by atoms with Gasteiger partial charge in [-0.15, -0.1) is 6.42 Å². The molecule has 0 aliphatic carbocycles. The Hall–Kier alpha value is -2.23. The molecule has 0 amide bonds. The number of rotatable bonds is 10. The molecule has 0 aromatic heterocycles. The highest BCUT2D eigenvalue weighted by Gasteiger charge is 2.09. The number of hydrogen-bond donors (Lipinski definition) is 2. The van der Waals surface area contributed by atoms with Crippen molar-refractivity contribution in [3.05, 3.63) is 29.8 Å². The van der Waals surface area contributed by atoms with Gasteiger partial charge < -0.3 is 20.1 Å². The molecule has 0 bridgehead atoms. The second kappa shape index (κ2) is 13.0. The van der Waals surface area contributed by atoms with Crippen LogP contribution in [0.4, 0.5) is 0 Å². The van der Waals surface area contributed by atoms with Gasteiger partial charge in [0.15, 0.2) is 5.96 Å². The van der Waals surface area contributed by atoms with Crippen molar-refractivity contribution in [2.45, 2.75) is 19.8 Å². The summed E-state index contributed by atoms with van der Waals surface area (Å²) in [4.78, 5) is 7.12. The van der Waals surface area contributed by atoms with Crippen molar-refractivity contribution >= 4 is 5.96 Å². The van der Waals surface area contributed by atoms with Crippen molar-refractivity contribution in [3.63, 3.8) is 0 Å². The van der Waals surface area contributed by atoms with Crippen LogP contribution in [0.5, 0.6) is 5.75 Å².